The molecule has 0 aliphatic rings. The van der Waals surface area contributed by atoms with E-state index in [1.165, 1.54) is 0 Å². The van der Waals surface area contributed by atoms with Crippen molar-refractivity contribution >= 4 is 14.6 Å². The molecule has 0 saturated carbocycles. The van der Waals surface area contributed by atoms with Gasteiger partial charge < -0.3 is 0 Å². The van der Waals surface area contributed by atoms with Crippen molar-refractivity contribution in [3.05, 3.63) is 0 Å². The van der Waals surface area contributed by atoms with Crippen LogP contribution in [0, 0.1) is 0 Å². The van der Waals surface area contributed by atoms with Crippen LogP contribution < -0.4 is 0 Å². The normalized spacial score (nSPS) is 12.0. The fourth-order valence-electron chi connectivity index (χ4n) is 0. The van der Waals surface area contributed by atoms with Crippen molar-refractivity contribution in [2.24, 2.45) is 0 Å². The van der Waals surface area contributed by atoms with Gasteiger partial charge in [-0.05, 0) is 0 Å². The third kappa shape index (κ3) is 170. The predicted molar refractivity (Wildman–Crippen MR) is 14.6 cm³/mol. The van der Waals surface area contributed by atoms with Crippen LogP contribution in [-0.2, 0) is 0 Å². The quantitative estimate of drug-likeness (QED) is 0.278. The van der Waals surface area contributed by atoms with Gasteiger partial charge in [0.05, 0.1) is 0 Å². The van der Waals surface area contributed by atoms with E-state index in [2.05, 4.69) is 0 Å². The maximum atomic E-state index is 7.38. The van der Waals surface area contributed by atoms with E-state index in [1.807, 2.05) is 0 Å². The summed E-state index contributed by atoms with van der Waals surface area (Å²) < 4.78 is 29.5. The molecular formula is H4GeO4. The Bertz CT molecular complexity index is 19.1. The molecule has 0 spiro atoms. The Balaban J connectivity index is 3.02. The minimum atomic E-state index is -5.00. The third-order valence-corrected chi connectivity index (χ3v) is 0. The fourth-order valence-corrected chi connectivity index (χ4v) is 0. The molecule has 0 fully saturated rings. The second kappa shape index (κ2) is 1.23. The fraction of sp³-hybridized carbons (Fsp3) is 0. The van der Waals surface area contributed by atoms with Gasteiger partial charge in [-0.25, -0.2) is 0 Å². The topological polar surface area (TPSA) is 80.9 Å². The second-order valence-corrected chi connectivity index (χ2v) is 3.12. The van der Waals surface area contributed by atoms with Gasteiger partial charge in [0.25, 0.3) is 0 Å². The summed E-state index contributed by atoms with van der Waals surface area (Å²) in [6.45, 7) is 0. The summed E-state index contributed by atoms with van der Waals surface area (Å²) in [4.78, 5) is 0. The van der Waals surface area contributed by atoms with Gasteiger partial charge in [-0.3, -0.25) is 0 Å². The molecule has 0 aromatic rings. The Kier molecular flexibility index (Phi) is 1.33. The van der Waals surface area contributed by atoms with E-state index < -0.39 is 14.6 Å². The van der Waals surface area contributed by atoms with Crippen molar-refractivity contribution < 1.29 is 16.5 Å². The monoisotopic (exact) mass is 142 g/mol. The van der Waals surface area contributed by atoms with Gasteiger partial charge in [-0.2, -0.15) is 0 Å². The molecule has 0 bridgehead atoms. The molecule has 0 aromatic carbocycles. The number of hydrogen-bond acceptors (Lipinski definition) is 4. The molecule has 0 saturated heterocycles. The summed E-state index contributed by atoms with van der Waals surface area (Å²) in [5.41, 5.74) is 0. The van der Waals surface area contributed by atoms with Gasteiger partial charge >= 0.3 is 31.1 Å². The zero-order valence-corrected chi connectivity index (χ0v) is 4.39. The standard InChI is InChI=1S/GeH4O4/c2-1(3,4)5/h2-5H. The maximum absolute atomic E-state index is 7.38. The van der Waals surface area contributed by atoms with E-state index in [0.717, 1.165) is 0 Å². The molecule has 0 amide bonds. The molecule has 0 atom stereocenters. The van der Waals surface area contributed by atoms with E-state index in [4.69, 9.17) is 16.5 Å². The van der Waals surface area contributed by atoms with Gasteiger partial charge in [0.2, 0.25) is 0 Å². The Morgan fingerprint density at radius 3 is 0.800 bits per heavy atom. The van der Waals surface area contributed by atoms with Crippen LogP contribution in [-0.4, -0.2) is 31.1 Å². The van der Waals surface area contributed by atoms with E-state index in [0.29, 0.717) is 0 Å². The molecule has 5 heavy (non-hydrogen) atoms. The Hall–Kier alpha value is 0.383. The summed E-state index contributed by atoms with van der Waals surface area (Å²) in [5.74, 6) is 0. The Morgan fingerprint density at radius 2 is 0.800 bits per heavy atom. The van der Waals surface area contributed by atoms with E-state index >= 15 is 0 Å². The summed E-state index contributed by atoms with van der Waals surface area (Å²) in [6, 6.07) is 0. The van der Waals surface area contributed by atoms with Crippen LogP contribution in [0.3, 0.4) is 0 Å². The van der Waals surface area contributed by atoms with Gasteiger partial charge in [-0.1, -0.05) is 0 Å². The van der Waals surface area contributed by atoms with Crippen LogP contribution in [0.15, 0.2) is 0 Å². The molecule has 0 unspecified atom stereocenters. The molecule has 4 N–H and O–H groups in total. The van der Waals surface area contributed by atoms with Crippen molar-refractivity contribution in [2.75, 3.05) is 0 Å². The van der Waals surface area contributed by atoms with Crippen LogP contribution in [0.1, 0.15) is 0 Å². The van der Waals surface area contributed by atoms with E-state index in [9.17, 15) is 0 Å². The van der Waals surface area contributed by atoms with E-state index in [-0.39, 0.29) is 0 Å². The molecule has 0 aromatic heterocycles. The van der Waals surface area contributed by atoms with Crippen LogP contribution in [0.5, 0.6) is 0 Å². The van der Waals surface area contributed by atoms with Crippen molar-refractivity contribution in [3.63, 3.8) is 0 Å². The zero-order valence-electron chi connectivity index (χ0n) is 2.29. The SMILES string of the molecule is [OH][Ge]([OH])([OH])[OH]. The van der Waals surface area contributed by atoms with E-state index in [1.54, 1.807) is 0 Å². The molecule has 0 radical (unpaired) electrons. The van der Waals surface area contributed by atoms with Crippen LogP contribution in [0.2, 0.25) is 0 Å². The average molecular weight is 141 g/mol. The van der Waals surface area contributed by atoms with Crippen LogP contribution in [0.4, 0.5) is 0 Å². The first-order valence-electron chi connectivity index (χ1n) is 0.894. The van der Waals surface area contributed by atoms with Crippen LogP contribution >= 0.6 is 0 Å². The van der Waals surface area contributed by atoms with Crippen LogP contribution in [0.25, 0.3) is 0 Å². The number of rotatable bonds is 0. The first-order valence-corrected chi connectivity index (χ1v) is 4.65. The molecular weight excluding hydrogens is 137 g/mol. The van der Waals surface area contributed by atoms with Crippen molar-refractivity contribution in [1.82, 2.24) is 0 Å². The van der Waals surface area contributed by atoms with Gasteiger partial charge in [-0.15, -0.1) is 0 Å². The van der Waals surface area contributed by atoms with Crippen molar-refractivity contribution in [2.45, 2.75) is 0 Å². The Labute approximate surface area is 32.0 Å². The van der Waals surface area contributed by atoms with Gasteiger partial charge in [0.15, 0.2) is 0 Å². The molecule has 0 rings (SSSR count). The molecule has 0 aliphatic carbocycles. The molecule has 0 heterocycles. The Morgan fingerprint density at radius 1 is 0.800 bits per heavy atom. The van der Waals surface area contributed by atoms with Crippen molar-refractivity contribution in [1.29, 1.82) is 0 Å². The summed E-state index contributed by atoms with van der Waals surface area (Å²) in [5, 5.41) is 0. The minimum absolute atomic E-state index is 5.00. The van der Waals surface area contributed by atoms with Crippen molar-refractivity contribution in [3.8, 4) is 0 Å². The average Bonchev–Trinajstić information content (AvgIpc) is 0.722. The summed E-state index contributed by atoms with van der Waals surface area (Å²) >= 11 is -5.00. The molecule has 32 valence electrons. The molecule has 0 aliphatic heterocycles. The number of hydrogen-bond donors (Lipinski definition) is 4. The second-order valence-electron chi connectivity index (χ2n) is 0.600. The first kappa shape index (κ1) is 5.38. The van der Waals surface area contributed by atoms with Gasteiger partial charge in [0, 0.05) is 0 Å². The summed E-state index contributed by atoms with van der Waals surface area (Å²) in [6.07, 6.45) is 0. The van der Waals surface area contributed by atoms with Gasteiger partial charge in [0.1, 0.15) is 0 Å². The summed E-state index contributed by atoms with van der Waals surface area (Å²) in [7, 11) is 0. The first-order chi connectivity index (χ1) is 2.00. The third-order valence-electron chi connectivity index (χ3n) is 0. The molecule has 4 nitrogen and oxygen atoms in total. The predicted octanol–water partition coefficient (Wildman–Crippen LogP) is -2.61. The zero-order chi connectivity index (χ0) is 4.50. The molecule has 5 heteroatoms.